The maximum absolute atomic E-state index is 10.4. The smallest absolute Gasteiger partial charge is 0.336 e. The second-order valence-corrected chi connectivity index (χ2v) is 5.89. The number of hydrogen-bond donors (Lipinski definition) is 2. The molecular formula is C14H10CuI2O4. The number of rotatable bonds is 2. The second kappa shape index (κ2) is 10.1. The largest absolute Gasteiger partial charge is 0.478 e. The summed E-state index contributed by atoms with van der Waals surface area (Å²) in [5, 5.41) is 17.1. The van der Waals surface area contributed by atoms with Crippen molar-refractivity contribution < 1.29 is 36.9 Å². The zero-order valence-corrected chi connectivity index (χ0v) is 15.6. The van der Waals surface area contributed by atoms with Gasteiger partial charge in [0.05, 0.1) is 11.1 Å². The van der Waals surface area contributed by atoms with Crippen molar-refractivity contribution in [2.75, 3.05) is 0 Å². The molecule has 0 bridgehead atoms. The van der Waals surface area contributed by atoms with Crippen molar-refractivity contribution in [3.63, 3.8) is 0 Å². The first-order chi connectivity index (χ1) is 9.43. The second-order valence-electron chi connectivity index (χ2n) is 3.57. The minimum Gasteiger partial charge on any atom is -0.478 e. The molecule has 0 fully saturated rings. The summed E-state index contributed by atoms with van der Waals surface area (Å²) in [7, 11) is 0. The number of hydrogen-bond acceptors (Lipinski definition) is 2. The predicted octanol–water partition coefficient (Wildman–Crippen LogP) is 3.98. The van der Waals surface area contributed by atoms with Crippen molar-refractivity contribution in [3.8, 4) is 0 Å². The van der Waals surface area contributed by atoms with Gasteiger partial charge in [-0.05, 0) is 69.4 Å². The van der Waals surface area contributed by atoms with Gasteiger partial charge in [0.1, 0.15) is 0 Å². The van der Waals surface area contributed by atoms with Gasteiger partial charge >= 0.3 is 11.9 Å². The topological polar surface area (TPSA) is 74.6 Å². The number of aromatic carboxylic acids is 2. The third kappa shape index (κ3) is 6.77. The molecule has 2 aromatic rings. The first kappa shape index (κ1) is 20.4. The van der Waals surface area contributed by atoms with Gasteiger partial charge in [-0.25, -0.2) is 9.59 Å². The molecular weight excluding hydrogens is 550 g/mol. The number of benzene rings is 2. The normalized spacial score (nSPS) is 8.86. The SMILES string of the molecule is O=C(O)c1ccccc1I.O=C(O)c1ccccc1I.[Cu]. The molecule has 115 valence electrons. The Morgan fingerprint density at radius 3 is 1.19 bits per heavy atom. The van der Waals surface area contributed by atoms with E-state index < -0.39 is 11.9 Å². The van der Waals surface area contributed by atoms with E-state index in [9.17, 15) is 9.59 Å². The summed E-state index contributed by atoms with van der Waals surface area (Å²) < 4.78 is 1.54. The van der Waals surface area contributed by atoms with Crippen LogP contribution < -0.4 is 0 Å². The van der Waals surface area contributed by atoms with Gasteiger partial charge in [0.15, 0.2) is 0 Å². The molecule has 0 spiro atoms. The molecule has 0 amide bonds. The van der Waals surface area contributed by atoms with Gasteiger partial charge in [-0.3, -0.25) is 0 Å². The minimum atomic E-state index is -0.870. The van der Waals surface area contributed by atoms with E-state index in [-0.39, 0.29) is 17.1 Å². The fourth-order valence-electron chi connectivity index (χ4n) is 1.27. The maximum atomic E-state index is 10.4. The zero-order chi connectivity index (χ0) is 15.1. The van der Waals surface area contributed by atoms with Crippen molar-refractivity contribution in [2.45, 2.75) is 0 Å². The van der Waals surface area contributed by atoms with Gasteiger partial charge in [0.2, 0.25) is 0 Å². The summed E-state index contributed by atoms with van der Waals surface area (Å²) in [4.78, 5) is 20.8. The Labute approximate surface area is 159 Å². The Morgan fingerprint density at radius 1 is 0.714 bits per heavy atom. The molecule has 0 aromatic heterocycles. The molecule has 2 aromatic carbocycles. The molecule has 21 heavy (non-hydrogen) atoms. The van der Waals surface area contributed by atoms with Crippen LogP contribution in [0.3, 0.4) is 0 Å². The molecule has 0 aliphatic rings. The average Bonchev–Trinajstić information content (AvgIpc) is 2.40. The molecule has 0 saturated carbocycles. The van der Waals surface area contributed by atoms with E-state index in [2.05, 4.69) is 0 Å². The molecule has 7 heteroatoms. The van der Waals surface area contributed by atoms with Gasteiger partial charge in [-0.1, -0.05) is 24.3 Å². The summed E-state index contributed by atoms with van der Waals surface area (Å²) in [5.74, 6) is -1.74. The molecule has 1 radical (unpaired) electrons. The molecule has 0 saturated heterocycles. The van der Waals surface area contributed by atoms with E-state index in [0.29, 0.717) is 11.1 Å². The van der Waals surface area contributed by atoms with Crippen LogP contribution in [0, 0.1) is 7.14 Å². The Balaban J connectivity index is 0.000000364. The van der Waals surface area contributed by atoms with Crippen LogP contribution in [0.5, 0.6) is 0 Å². The Morgan fingerprint density at radius 2 is 1.00 bits per heavy atom. The van der Waals surface area contributed by atoms with Crippen LogP contribution in [-0.2, 0) is 17.1 Å². The standard InChI is InChI=1S/2C7H5IO2.Cu/c2*8-6-4-2-1-3-5(6)7(9)10;/h2*1-4H,(H,9,10);. The van der Waals surface area contributed by atoms with Gasteiger partial charge in [-0.15, -0.1) is 0 Å². The Hall–Kier alpha value is -0.641. The van der Waals surface area contributed by atoms with Crippen molar-refractivity contribution in [3.05, 3.63) is 66.8 Å². The molecule has 2 N–H and O–H groups in total. The van der Waals surface area contributed by atoms with Gasteiger partial charge in [-0.2, -0.15) is 0 Å². The van der Waals surface area contributed by atoms with E-state index in [4.69, 9.17) is 10.2 Å². The average molecular weight is 560 g/mol. The van der Waals surface area contributed by atoms with Crippen molar-refractivity contribution in [2.24, 2.45) is 0 Å². The quantitative estimate of drug-likeness (QED) is 0.432. The first-order valence-electron chi connectivity index (χ1n) is 5.39. The van der Waals surface area contributed by atoms with Crippen LogP contribution in [0.15, 0.2) is 48.5 Å². The van der Waals surface area contributed by atoms with Gasteiger partial charge in [0, 0.05) is 24.2 Å². The summed E-state index contributed by atoms with van der Waals surface area (Å²) in [6, 6.07) is 13.8. The number of carboxylic acids is 2. The first-order valence-corrected chi connectivity index (χ1v) is 7.55. The molecule has 0 aliphatic carbocycles. The summed E-state index contributed by atoms with van der Waals surface area (Å²) in [6.45, 7) is 0. The third-order valence-electron chi connectivity index (χ3n) is 2.21. The molecule has 0 unspecified atom stereocenters. The van der Waals surface area contributed by atoms with E-state index in [0.717, 1.165) is 7.14 Å². The monoisotopic (exact) mass is 559 g/mol. The van der Waals surface area contributed by atoms with Crippen molar-refractivity contribution in [1.82, 2.24) is 0 Å². The van der Waals surface area contributed by atoms with Gasteiger partial charge in [0.25, 0.3) is 0 Å². The fourth-order valence-corrected chi connectivity index (χ4v) is 2.51. The van der Waals surface area contributed by atoms with Crippen molar-refractivity contribution >= 4 is 57.1 Å². The van der Waals surface area contributed by atoms with Crippen LogP contribution in [0.2, 0.25) is 0 Å². The van der Waals surface area contributed by atoms with Crippen LogP contribution >= 0.6 is 45.2 Å². The predicted molar refractivity (Wildman–Crippen MR) is 92.2 cm³/mol. The van der Waals surface area contributed by atoms with E-state index in [1.54, 1.807) is 36.4 Å². The van der Waals surface area contributed by atoms with Crippen molar-refractivity contribution in [1.29, 1.82) is 0 Å². The van der Waals surface area contributed by atoms with E-state index >= 15 is 0 Å². The number of carboxylic acid groups (broad SMARTS) is 2. The number of carbonyl (C=O) groups is 2. The van der Waals surface area contributed by atoms with Crippen LogP contribution in [0.4, 0.5) is 0 Å². The van der Waals surface area contributed by atoms with Crippen LogP contribution in [0.25, 0.3) is 0 Å². The van der Waals surface area contributed by atoms with E-state index in [1.165, 1.54) is 0 Å². The third-order valence-corrected chi connectivity index (χ3v) is 4.09. The summed E-state index contributed by atoms with van der Waals surface area (Å²) >= 11 is 3.99. The Bertz CT molecular complexity index is 576. The fraction of sp³-hybridized carbons (Fsp3) is 0. The Kier molecular flexibility index (Phi) is 9.84. The van der Waals surface area contributed by atoms with E-state index in [1.807, 2.05) is 57.3 Å². The summed E-state index contributed by atoms with van der Waals surface area (Å²) in [5.41, 5.74) is 0.728. The molecule has 0 aliphatic heterocycles. The number of halogens is 2. The van der Waals surface area contributed by atoms with Crippen LogP contribution in [0.1, 0.15) is 20.7 Å². The van der Waals surface area contributed by atoms with Crippen LogP contribution in [-0.4, -0.2) is 22.2 Å². The van der Waals surface area contributed by atoms with Gasteiger partial charge < -0.3 is 10.2 Å². The molecule has 2 rings (SSSR count). The molecule has 0 heterocycles. The zero-order valence-electron chi connectivity index (χ0n) is 10.4. The molecule has 4 nitrogen and oxygen atoms in total. The maximum Gasteiger partial charge on any atom is 0.336 e. The summed E-state index contributed by atoms with van der Waals surface area (Å²) in [6.07, 6.45) is 0. The minimum absolute atomic E-state index is 0. The molecule has 0 atom stereocenters.